The highest BCUT2D eigenvalue weighted by Crippen LogP contribution is 2.27. The Morgan fingerprint density at radius 1 is 1.24 bits per heavy atom. The Labute approximate surface area is 134 Å². The van der Waals surface area contributed by atoms with Crippen LogP contribution < -0.4 is 4.72 Å². The van der Waals surface area contributed by atoms with Crippen molar-refractivity contribution in [2.45, 2.75) is 11.5 Å². The molecule has 0 radical (unpaired) electrons. The van der Waals surface area contributed by atoms with Gasteiger partial charge in [0.05, 0.1) is 22.2 Å². The van der Waals surface area contributed by atoms with Crippen molar-refractivity contribution in [1.29, 1.82) is 0 Å². The SMILES string of the molecule is O=S(=O)(Nc1ccc(Cl)c(Br)c1)c1cc(F)ccc1CO. The maximum atomic E-state index is 13.3. The van der Waals surface area contributed by atoms with Gasteiger partial charge in [0, 0.05) is 4.47 Å². The van der Waals surface area contributed by atoms with E-state index < -0.39 is 22.4 Å². The summed E-state index contributed by atoms with van der Waals surface area (Å²) in [5, 5.41) is 9.61. The third-order valence-electron chi connectivity index (χ3n) is 2.66. The number of hydrogen-bond donors (Lipinski definition) is 2. The van der Waals surface area contributed by atoms with Crippen LogP contribution >= 0.6 is 27.5 Å². The highest BCUT2D eigenvalue weighted by Gasteiger charge is 2.19. The summed E-state index contributed by atoms with van der Waals surface area (Å²) in [4.78, 5) is -0.309. The van der Waals surface area contributed by atoms with Gasteiger partial charge >= 0.3 is 0 Å². The van der Waals surface area contributed by atoms with E-state index in [0.29, 0.717) is 9.50 Å². The molecule has 2 aromatic rings. The van der Waals surface area contributed by atoms with E-state index in [1.54, 1.807) is 0 Å². The molecule has 0 saturated heterocycles. The summed E-state index contributed by atoms with van der Waals surface area (Å²) >= 11 is 9.01. The molecule has 0 saturated carbocycles. The van der Waals surface area contributed by atoms with Gasteiger partial charge in [-0.1, -0.05) is 17.7 Å². The van der Waals surface area contributed by atoms with Gasteiger partial charge in [0.25, 0.3) is 10.0 Å². The van der Waals surface area contributed by atoms with Gasteiger partial charge in [0.2, 0.25) is 0 Å². The van der Waals surface area contributed by atoms with Gasteiger partial charge < -0.3 is 5.11 Å². The Hall–Kier alpha value is -1.15. The van der Waals surface area contributed by atoms with Crippen LogP contribution in [0.3, 0.4) is 0 Å². The molecule has 8 heteroatoms. The van der Waals surface area contributed by atoms with Crippen LogP contribution in [-0.4, -0.2) is 13.5 Å². The topological polar surface area (TPSA) is 66.4 Å². The number of hydrogen-bond acceptors (Lipinski definition) is 3. The Bertz CT molecular complexity index is 783. The fourth-order valence-corrected chi connectivity index (χ4v) is 3.47. The Morgan fingerprint density at radius 3 is 2.57 bits per heavy atom. The Kier molecular flexibility index (Phi) is 4.88. The lowest BCUT2D eigenvalue weighted by molar-refractivity contribution is 0.278. The molecule has 0 aliphatic carbocycles. The lowest BCUT2D eigenvalue weighted by atomic mass is 10.2. The maximum absolute atomic E-state index is 13.3. The van der Waals surface area contributed by atoms with Gasteiger partial charge in [0.1, 0.15) is 5.82 Å². The standard InChI is InChI=1S/C13H10BrClFNO3S/c14-11-6-10(3-4-12(11)15)17-21(19,20)13-5-9(16)2-1-8(13)7-18/h1-6,17-18H,7H2. The van der Waals surface area contributed by atoms with Crippen LogP contribution in [-0.2, 0) is 16.6 Å². The molecule has 21 heavy (non-hydrogen) atoms. The summed E-state index contributed by atoms with van der Waals surface area (Å²) in [5.41, 5.74) is 0.372. The monoisotopic (exact) mass is 393 g/mol. The van der Waals surface area contributed by atoms with E-state index in [0.717, 1.165) is 12.1 Å². The number of halogens is 3. The quantitative estimate of drug-likeness (QED) is 0.833. The molecule has 0 aliphatic heterocycles. The summed E-state index contributed by atoms with van der Waals surface area (Å²) in [6, 6.07) is 7.65. The molecular weight excluding hydrogens is 385 g/mol. The summed E-state index contributed by atoms with van der Waals surface area (Å²) in [7, 11) is -4.02. The minimum Gasteiger partial charge on any atom is -0.392 e. The first kappa shape index (κ1) is 16.2. The highest BCUT2D eigenvalue weighted by molar-refractivity contribution is 9.10. The number of aliphatic hydroxyl groups excluding tert-OH is 1. The second kappa shape index (κ2) is 6.31. The van der Waals surface area contributed by atoms with Crippen LogP contribution in [0.25, 0.3) is 0 Å². The molecule has 4 nitrogen and oxygen atoms in total. The first-order valence-electron chi connectivity index (χ1n) is 5.70. The Balaban J connectivity index is 2.42. The van der Waals surface area contributed by atoms with Crippen LogP contribution in [0.15, 0.2) is 45.8 Å². The van der Waals surface area contributed by atoms with Crippen molar-refractivity contribution in [3.63, 3.8) is 0 Å². The maximum Gasteiger partial charge on any atom is 0.262 e. The first-order valence-corrected chi connectivity index (χ1v) is 8.36. The zero-order valence-electron chi connectivity index (χ0n) is 10.5. The van der Waals surface area contributed by atoms with E-state index in [2.05, 4.69) is 20.7 Å². The van der Waals surface area contributed by atoms with E-state index >= 15 is 0 Å². The van der Waals surface area contributed by atoms with Gasteiger partial charge in [-0.3, -0.25) is 4.72 Å². The molecule has 0 unspecified atom stereocenters. The summed E-state index contributed by atoms with van der Waals surface area (Å²) < 4.78 is 40.7. The second-order valence-electron chi connectivity index (χ2n) is 4.14. The predicted molar refractivity (Wildman–Crippen MR) is 82.3 cm³/mol. The van der Waals surface area contributed by atoms with Crippen molar-refractivity contribution in [3.8, 4) is 0 Å². The van der Waals surface area contributed by atoms with Gasteiger partial charge in [0.15, 0.2) is 0 Å². The summed E-state index contributed by atoms with van der Waals surface area (Å²) in [6.45, 7) is -0.513. The molecule has 112 valence electrons. The van der Waals surface area contributed by atoms with Crippen molar-refractivity contribution in [3.05, 3.63) is 57.3 Å². The van der Waals surface area contributed by atoms with Crippen LogP contribution in [0.2, 0.25) is 5.02 Å². The average molecular weight is 395 g/mol. The zero-order chi connectivity index (χ0) is 15.6. The fourth-order valence-electron chi connectivity index (χ4n) is 1.68. The molecule has 0 aromatic heterocycles. The molecule has 2 aromatic carbocycles. The van der Waals surface area contributed by atoms with Crippen LogP contribution in [0.5, 0.6) is 0 Å². The van der Waals surface area contributed by atoms with Crippen LogP contribution in [0.1, 0.15) is 5.56 Å². The van der Waals surface area contributed by atoms with Crippen molar-refractivity contribution < 1.29 is 17.9 Å². The van der Waals surface area contributed by atoms with E-state index in [9.17, 15) is 17.9 Å². The van der Waals surface area contributed by atoms with E-state index in [4.69, 9.17) is 11.6 Å². The third kappa shape index (κ3) is 3.74. The third-order valence-corrected chi connectivity index (χ3v) is 5.34. The molecular formula is C13H10BrClFNO3S. The molecule has 2 rings (SSSR count). The van der Waals surface area contributed by atoms with E-state index in [-0.39, 0.29) is 16.1 Å². The number of rotatable bonds is 4. The van der Waals surface area contributed by atoms with Crippen molar-refractivity contribution in [2.75, 3.05) is 4.72 Å². The minimum atomic E-state index is -4.02. The highest BCUT2D eigenvalue weighted by atomic mass is 79.9. The van der Waals surface area contributed by atoms with Crippen molar-refractivity contribution in [2.24, 2.45) is 0 Å². The average Bonchev–Trinajstić information content (AvgIpc) is 2.42. The number of aliphatic hydroxyl groups is 1. The van der Waals surface area contributed by atoms with Crippen molar-refractivity contribution in [1.82, 2.24) is 0 Å². The van der Waals surface area contributed by atoms with Gasteiger partial charge in [-0.05, 0) is 51.8 Å². The molecule has 0 amide bonds. The smallest absolute Gasteiger partial charge is 0.262 e. The molecule has 0 atom stereocenters. The first-order chi connectivity index (χ1) is 9.83. The number of sulfonamides is 1. The fraction of sp³-hybridized carbons (Fsp3) is 0.0769. The normalized spacial score (nSPS) is 11.4. The molecule has 0 bridgehead atoms. The molecule has 0 aliphatic rings. The number of anilines is 1. The van der Waals surface area contributed by atoms with E-state index in [1.807, 2.05) is 0 Å². The summed E-state index contributed by atoms with van der Waals surface area (Å²) in [5.74, 6) is -0.704. The number of benzene rings is 2. The Morgan fingerprint density at radius 2 is 1.95 bits per heavy atom. The number of nitrogens with one attached hydrogen (secondary N) is 1. The summed E-state index contributed by atoms with van der Waals surface area (Å²) in [6.07, 6.45) is 0. The lowest BCUT2D eigenvalue weighted by Gasteiger charge is -2.12. The molecule has 0 fully saturated rings. The molecule has 2 N–H and O–H groups in total. The van der Waals surface area contributed by atoms with Gasteiger partial charge in [-0.2, -0.15) is 0 Å². The minimum absolute atomic E-state index is 0.108. The molecule has 0 heterocycles. The molecule has 0 spiro atoms. The lowest BCUT2D eigenvalue weighted by Crippen LogP contribution is -2.15. The van der Waals surface area contributed by atoms with Crippen molar-refractivity contribution >= 4 is 43.2 Å². The van der Waals surface area contributed by atoms with Crippen LogP contribution in [0, 0.1) is 5.82 Å². The second-order valence-corrected chi connectivity index (χ2v) is 7.06. The van der Waals surface area contributed by atoms with Gasteiger partial charge in [-0.25, -0.2) is 12.8 Å². The van der Waals surface area contributed by atoms with E-state index in [1.165, 1.54) is 24.3 Å². The predicted octanol–water partition coefficient (Wildman–Crippen LogP) is 3.53. The largest absolute Gasteiger partial charge is 0.392 e. The van der Waals surface area contributed by atoms with Gasteiger partial charge in [-0.15, -0.1) is 0 Å². The van der Waals surface area contributed by atoms with Crippen LogP contribution in [0.4, 0.5) is 10.1 Å². The zero-order valence-corrected chi connectivity index (χ0v) is 13.6.